The summed E-state index contributed by atoms with van der Waals surface area (Å²) in [5, 5.41) is 0. The lowest BCUT2D eigenvalue weighted by atomic mass is 10.1. The van der Waals surface area contributed by atoms with Crippen LogP contribution in [0.15, 0.2) is 18.2 Å². The van der Waals surface area contributed by atoms with Gasteiger partial charge in [0.15, 0.2) is 0 Å². The summed E-state index contributed by atoms with van der Waals surface area (Å²) < 4.78 is 53.2. The Bertz CT molecular complexity index is 609. The molecule has 0 atom stereocenters. The fourth-order valence-corrected chi connectivity index (χ4v) is 2.33. The van der Waals surface area contributed by atoms with Gasteiger partial charge in [-0.15, -0.1) is 0 Å². The van der Waals surface area contributed by atoms with Crippen molar-refractivity contribution in [2.45, 2.75) is 19.0 Å². The third-order valence-electron chi connectivity index (χ3n) is 2.17. The maximum absolute atomic E-state index is 11.0. The molecule has 20 heavy (non-hydrogen) atoms. The number of hydrogen-bond donors (Lipinski definition) is 1. The van der Waals surface area contributed by atoms with Gasteiger partial charge in [0.2, 0.25) is 0 Å². The van der Waals surface area contributed by atoms with E-state index in [2.05, 4.69) is 12.6 Å². The highest BCUT2D eigenvalue weighted by atomic mass is 32.2. The molecule has 6 nitrogen and oxygen atoms in total. The van der Waals surface area contributed by atoms with Gasteiger partial charge in [0.05, 0.1) is 25.7 Å². The third-order valence-corrected chi connectivity index (χ3v) is 3.63. The first-order valence-corrected chi connectivity index (χ1v) is 9.77. The topological polar surface area (TPSA) is 86.7 Å². The van der Waals surface area contributed by atoms with Crippen molar-refractivity contribution in [1.82, 2.24) is 0 Å². The van der Waals surface area contributed by atoms with E-state index in [0.717, 1.165) is 18.1 Å². The Morgan fingerprint density at radius 3 is 1.50 bits per heavy atom. The van der Waals surface area contributed by atoms with Crippen molar-refractivity contribution >= 4 is 32.9 Å². The first-order valence-electron chi connectivity index (χ1n) is 5.50. The molecule has 1 rings (SSSR count). The molecule has 1 aromatic carbocycles. The first kappa shape index (κ1) is 17.4. The lowest BCUT2D eigenvalue weighted by molar-refractivity contribution is 0.306. The van der Waals surface area contributed by atoms with E-state index in [1.807, 2.05) is 0 Å². The maximum atomic E-state index is 11.0. The van der Waals surface area contributed by atoms with Crippen LogP contribution in [0.25, 0.3) is 0 Å². The molecule has 0 aliphatic rings. The summed E-state index contributed by atoms with van der Waals surface area (Å²) in [4.78, 5) is 0. The first-order chi connectivity index (χ1) is 9.09. The molecule has 0 aromatic heterocycles. The molecule has 0 aliphatic heterocycles. The molecular formula is C11H16O6S3. The predicted octanol–water partition coefficient (Wildman–Crippen LogP) is 1.07. The normalized spacial score (nSPS) is 12.6. The SMILES string of the molecule is CS(=O)(=O)OCc1cc(CS)cc(COS(C)(=O)=O)c1. The van der Waals surface area contributed by atoms with Gasteiger partial charge in [-0.2, -0.15) is 29.5 Å². The predicted molar refractivity (Wildman–Crippen MR) is 78.4 cm³/mol. The van der Waals surface area contributed by atoms with Gasteiger partial charge in [0.1, 0.15) is 0 Å². The van der Waals surface area contributed by atoms with Crippen molar-refractivity contribution in [2.24, 2.45) is 0 Å². The van der Waals surface area contributed by atoms with Crippen molar-refractivity contribution in [1.29, 1.82) is 0 Å². The van der Waals surface area contributed by atoms with Gasteiger partial charge in [-0.25, -0.2) is 0 Å². The fourth-order valence-electron chi connectivity index (χ4n) is 1.45. The second-order valence-corrected chi connectivity index (χ2v) is 7.85. The van der Waals surface area contributed by atoms with Crippen molar-refractivity contribution in [3.05, 3.63) is 34.9 Å². The van der Waals surface area contributed by atoms with Crippen LogP contribution in [0.2, 0.25) is 0 Å². The van der Waals surface area contributed by atoms with Crippen LogP contribution in [0.1, 0.15) is 16.7 Å². The van der Waals surface area contributed by atoms with E-state index in [4.69, 9.17) is 8.37 Å². The van der Waals surface area contributed by atoms with E-state index in [0.29, 0.717) is 16.9 Å². The quantitative estimate of drug-likeness (QED) is 0.590. The van der Waals surface area contributed by atoms with Crippen LogP contribution in [0.5, 0.6) is 0 Å². The Hall–Kier alpha value is -0.610. The minimum Gasteiger partial charge on any atom is -0.265 e. The molecule has 0 saturated heterocycles. The fraction of sp³-hybridized carbons (Fsp3) is 0.455. The molecule has 0 radical (unpaired) electrons. The van der Waals surface area contributed by atoms with Crippen LogP contribution in [0.3, 0.4) is 0 Å². The molecule has 114 valence electrons. The molecule has 0 unspecified atom stereocenters. The molecule has 1 aromatic rings. The molecule has 0 fully saturated rings. The summed E-state index contributed by atoms with van der Waals surface area (Å²) in [5.74, 6) is 0.429. The highest BCUT2D eigenvalue weighted by molar-refractivity contribution is 7.86. The van der Waals surface area contributed by atoms with Crippen LogP contribution in [0.4, 0.5) is 0 Å². The van der Waals surface area contributed by atoms with Gasteiger partial charge in [-0.05, 0) is 16.7 Å². The molecule has 0 aliphatic carbocycles. The van der Waals surface area contributed by atoms with Gasteiger partial charge < -0.3 is 0 Å². The van der Waals surface area contributed by atoms with Gasteiger partial charge in [-0.1, -0.05) is 18.2 Å². The highest BCUT2D eigenvalue weighted by Crippen LogP contribution is 2.15. The van der Waals surface area contributed by atoms with Crippen LogP contribution < -0.4 is 0 Å². The summed E-state index contributed by atoms with van der Waals surface area (Å²) >= 11 is 4.14. The lowest BCUT2D eigenvalue weighted by Crippen LogP contribution is -2.05. The number of rotatable bonds is 7. The van der Waals surface area contributed by atoms with Crippen molar-refractivity contribution in [2.75, 3.05) is 12.5 Å². The molecule has 0 heterocycles. The summed E-state index contributed by atoms with van der Waals surface area (Å²) in [5.41, 5.74) is 2.03. The Balaban J connectivity index is 2.90. The summed E-state index contributed by atoms with van der Waals surface area (Å²) in [7, 11) is -7.07. The van der Waals surface area contributed by atoms with Gasteiger partial charge in [0, 0.05) is 5.75 Å². The Morgan fingerprint density at radius 2 is 1.20 bits per heavy atom. The average molecular weight is 340 g/mol. The van der Waals surface area contributed by atoms with E-state index in [9.17, 15) is 16.8 Å². The number of benzene rings is 1. The second kappa shape index (κ2) is 6.90. The van der Waals surface area contributed by atoms with E-state index in [1.54, 1.807) is 18.2 Å². The molecule has 9 heteroatoms. The Kier molecular flexibility index (Phi) is 6.02. The minimum absolute atomic E-state index is 0.119. The Morgan fingerprint density at radius 1 is 0.850 bits per heavy atom. The molecule has 0 amide bonds. The standard InChI is InChI=1S/C11H16O6S3/c1-19(12,13)16-6-9-3-10(5-11(4-9)8-18)7-17-20(2,14)15/h3-5,18H,6-8H2,1-2H3. The third kappa shape index (κ3) is 7.25. The van der Waals surface area contributed by atoms with Crippen molar-refractivity contribution in [3.8, 4) is 0 Å². The molecule has 0 bridgehead atoms. The monoisotopic (exact) mass is 340 g/mol. The molecule has 0 N–H and O–H groups in total. The molecule has 0 saturated carbocycles. The smallest absolute Gasteiger partial charge is 0.264 e. The van der Waals surface area contributed by atoms with Gasteiger partial charge in [-0.3, -0.25) is 8.37 Å². The largest absolute Gasteiger partial charge is 0.265 e. The van der Waals surface area contributed by atoms with Crippen LogP contribution in [-0.2, 0) is 47.6 Å². The maximum Gasteiger partial charge on any atom is 0.264 e. The molecule has 0 spiro atoms. The number of hydrogen-bond acceptors (Lipinski definition) is 7. The van der Waals surface area contributed by atoms with Crippen molar-refractivity contribution in [3.63, 3.8) is 0 Å². The van der Waals surface area contributed by atoms with E-state index in [-0.39, 0.29) is 13.2 Å². The van der Waals surface area contributed by atoms with Gasteiger partial charge >= 0.3 is 0 Å². The Labute approximate surface area is 124 Å². The van der Waals surface area contributed by atoms with Crippen LogP contribution >= 0.6 is 12.6 Å². The summed E-state index contributed by atoms with van der Waals surface area (Å²) in [6.07, 6.45) is 1.92. The lowest BCUT2D eigenvalue weighted by Gasteiger charge is -2.08. The highest BCUT2D eigenvalue weighted by Gasteiger charge is 2.08. The van der Waals surface area contributed by atoms with E-state index >= 15 is 0 Å². The van der Waals surface area contributed by atoms with Crippen LogP contribution in [-0.4, -0.2) is 29.3 Å². The van der Waals surface area contributed by atoms with Crippen molar-refractivity contribution < 1.29 is 25.2 Å². The zero-order chi connectivity index (χ0) is 15.4. The average Bonchev–Trinajstić information content (AvgIpc) is 2.32. The second-order valence-electron chi connectivity index (χ2n) is 4.25. The van der Waals surface area contributed by atoms with Gasteiger partial charge in [0.25, 0.3) is 20.2 Å². The zero-order valence-corrected chi connectivity index (χ0v) is 13.6. The van der Waals surface area contributed by atoms with E-state index < -0.39 is 20.2 Å². The molecular weight excluding hydrogens is 324 g/mol. The van der Waals surface area contributed by atoms with E-state index in [1.165, 1.54) is 0 Å². The summed E-state index contributed by atoms with van der Waals surface area (Å²) in [6.45, 7) is -0.237. The minimum atomic E-state index is -3.54. The zero-order valence-electron chi connectivity index (χ0n) is 11.1. The number of thiol groups is 1. The van der Waals surface area contributed by atoms with Crippen LogP contribution in [0, 0.1) is 0 Å². The summed E-state index contributed by atoms with van der Waals surface area (Å²) in [6, 6.07) is 5.10.